The number of carbonyl (C=O) groups is 1. The third-order valence-corrected chi connectivity index (χ3v) is 6.00. The van der Waals surface area contributed by atoms with Gasteiger partial charge in [-0.15, -0.1) is 0 Å². The number of carboxylic acid groups (broad SMARTS) is 1. The van der Waals surface area contributed by atoms with Crippen LogP contribution in [0.3, 0.4) is 0 Å². The Morgan fingerprint density at radius 1 is 1.19 bits per heavy atom. The Morgan fingerprint density at radius 2 is 1.96 bits per heavy atom. The van der Waals surface area contributed by atoms with E-state index in [1.807, 2.05) is 42.5 Å². The predicted octanol–water partition coefficient (Wildman–Crippen LogP) is 3.14. The van der Waals surface area contributed by atoms with Crippen LogP contribution in [0.1, 0.15) is 25.7 Å². The molecule has 144 valence electrons. The molecule has 5 nitrogen and oxygen atoms in total. The fraction of sp³-hybridized carbons (Fsp3) is 0.500. The van der Waals surface area contributed by atoms with Crippen molar-refractivity contribution in [2.24, 2.45) is 5.92 Å². The molecule has 4 rings (SSSR count). The number of hydrogen-bond donors (Lipinski definition) is 2. The molecule has 1 atom stereocenters. The van der Waals surface area contributed by atoms with Crippen molar-refractivity contribution >= 4 is 16.7 Å². The Kier molecular flexibility index (Phi) is 5.32. The maximum atomic E-state index is 12.1. The minimum absolute atomic E-state index is 0.523. The molecule has 0 aromatic heterocycles. The smallest absolute Gasteiger partial charge is 0.348 e. The molecule has 27 heavy (non-hydrogen) atoms. The Labute approximate surface area is 160 Å². The van der Waals surface area contributed by atoms with Crippen molar-refractivity contribution < 1.29 is 14.6 Å². The maximum Gasteiger partial charge on any atom is 0.348 e. The average molecular weight is 368 g/mol. The van der Waals surface area contributed by atoms with Crippen molar-refractivity contribution in [2.45, 2.75) is 31.3 Å². The van der Waals surface area contributed by atoms with Crippen molar-refractivity contribution in [1.29, 1.82) is 0 Å². The van der Waals surface area contributed by atoms with Gasteiger partial charge in [0.1, 0.15) is 5.75 Å². The zero-order chi connectivity index (χ0) is 18.7. The molecular formula is C22H28N2O3. The maximum absolute atomic E-state index is 12.1. The van der Waals surface area contributed by atoms with Gasteiger partial charge in [-0.1, -0.05) is 30.3 Å². The summed E-state index contributed by atoms with van der Waals surface area (Å²) in [6.45, 7) is 4.80. The van der Waals surface area contributed by atoms with Crippen LogP contribution in [-0.4, -0.2) is 54.3 Å². The summed E-state index contributed by atoms with van der Waals surface area (Å²) in [5.41, 5.74) is -1.12. The fourth-order valence-corrected chi connectivity index (χ4v) is 4.36. The summed E-state index contributed by atoms with van der Waals surface area (Å²) in [6.07, 6.45) is 3.55. The van der Waals surface area contributed by atoms with Crippen LogP contribution in [0.25, 0.3) is 10.8 Å². The first-order chi connectivity index (χ1) is 13.1. The molecule has 0 aliphatic carbocycles. The largest absolute Gasteiger partial charge is 0.478 e. The molecule has 0 bridgehead atoms. The highest BCUT2D eigenvalue weighted by Gasteiger charge is 2.44. The van der Waals surface area contributed by atoms with Gasteiger partial charge in [0, 0.05) is 32.5 Å². The van der Waals surface area contributed by atoms with Crippen molar-refractivity contribution in [2.75, 3.05) is 32.7 Å². The summed E-state index contributed by atoms with van der Waals surface area (Å²) >= 11 is 0. The van der Waals surface area contributed by atoms with Gasteiger partial charge in [0.25, 0.3) is 0 Å². The molecule has 0 spiro atoms. The topological polar surface area (TPSA) is 61.8 Å². The van der Waals surface area contributed by atoms with E-state index in [0.29, 0.717) is 24.5 Å². The number of nitrogens with one attached hydrogen (secondary N) is 1. The SMILES string of the molecule is O=C(O)C1(Oc2ccc3ccccc3c2)CCN(C[C@@H]2CCCNC2)CC1. The van der Waals surface area contributed by atoms with Crippen molar-refractivity contribution in [1.82, 2.24) is 10.2 Å². The zero-order valence-corrected chi connectivity index (χ0v) is 15.7. The Morgan fingerprint density at radius 3 is 2.67 bits per heavy atom. The first-order valence-corrected chi connectivity index (χ1v) is 9.99. The zero-order valence-electron chi connectivity index (χ0n) is 15.7. The van der Waals surface area contributed by atoms with Gasteiger partial charge in [0.15, 0.2) is 0 Å². The molecule has 2 aromatic rings. The lowest BCUT2D eigenvalue weighted by Crippen LogP contribution is -2.54. The standard InChI is InChI=1S/C22H28N2O3/c25-21(26)22(27-20-8-7-18-5-1-2-6-19(18)14-20)9-12-24(13-10-22)16-17-4-3-11-23-15-17/h1-2,5-8,14,17,23H,3-4,9-13,15-16H2,(H,25,26)/t17-/m1/s1. The summed E-state index contributed by atoms with van der Waals surface area (Å²) in [5, 5.41) is 15.6. The van der Waals surface area contributed by atoms with Crippen LogP contribution in [0.15, 0.2) is 42.5 Å². The summed E-state index contributed by atoms with van der Waals surface area (Å²) < 4.78 is 6.11. The summed E-state index contributed by atoms with van der Waals surface area (Å²) in [4.78, 5) is 14.5. The monoisotopic (exact) mass is 368 g/mol. The van der Waals surface area contributed by atoms with Gasteiger partial charge in [0.2, 0.25) is 5.60 Å². The summed E-state index contributed by atoms with van der Waals surface area (Å²) in [7, 11) is 0. The van der Waals surface area contributed by atoms with Crippen LogP contribution in [-0.2, 0) is 4.79 Å². The van der Waals surface area contributed by atoms with E-state index in [-0.39, 0.29) is 0 Å². The number of nitrogens with zero attached hydrogens (tertiary/aromatic N) is 1. The van der Waals surface area contributed by atoms with Crippen molar-refractivity contribution in [3.8, 4) is 5.75 Å². The molecule has 0 saturated carbocycles. The van der Waals surface area contributed by atoms with E-state index in [2.05, 4.69) is 10.2 Å². The number of ether oxygens (including phenoxy) is 1. The van der Waals surface area contributed by atoms with Crippen LogP contribution >= 0.6 is 0 Å². The van der Waals surface area contributed by atoms with E-state index in [1.54, 1.807) is 0 Å². The highest BCUT2D eigenvalue weighted by molar-refractivity contribution is 5.84. The molecule has 0 unspecified atom stereocenters. The van der Waals surface area contributed by atoms with E-state index in [0.717, 1.165) is 43.5 Å². The van der Waals surface area contributed by atoms with E-state index < -0.39 is 11.6 Å². The lowest BCUT2D eigenvalue weighted by molar-refractivity contribution is -0.159. The lowest BCUT2D eigenvalue weighted by atomic mass is 9.89. The van der Waals surface area contributed by atoms with E-state index in [1.165, 1.54) is 12.8 Å². The Bertz CT molecular complexity index is 793. The number of hydrogen-bond acceptors (Lipinski definition) is 4. The van der Waals surface area contributed by atoms with Crippen molar-refractivity contribution in [3.05, 3.63) is 42.5 Å². The van der Waals surface area contributed by atoms with Crippen LogP contribution < -0.4 is 10.1 Å². The molecule has 5 heteroatoms. The molecule has 2 N–H and O–H groups in total. The highest BCUT2D eigenvalue weighted by atomic mass is 16.5. The second-order valence-corrected chi connectivity index (χ2v) is 7.92. The molecular weight excluding hydrogens is 340 g/mol. The van der Waals surface area contributed by atoms with Gasteiger partial charge in [-0.3, -0.25) is 0 Å². The minimum Gasteiger partial charge on any atom is -0.478 e. The van der Waals surface area contributed by atoms with Gasteiger partial charge >= 0.3 is 5.97 Å². The van der Waals surface area contributed by atoms with Crippen molar-refractivity contribution in [3.63, 3.8) is 0 Å². The number of rotatable bonds is 5. The Balaban J connectivity index is 1.43. The third-order valence-electron chi connectivity index (χ3n) is 6.00. The van der Waals surface area contributed by atoms with Gasteiger partial charge < -0.3 is 20.1 Å². The van der Waals surface area contributed by atoms with Crippen LogP contribution in [0.5, 0.6) is 5.75 Å². The number of benzene rings is 2. The normalized spacial score (nSPS) is 23.2. The molecule has 2 aliphatic rings. The molecule has 0 amide bonds. The minimum atomic E-state index is -1.12. The van der Waals surface area contributed by atoms with Gasteiger partial charge in [-0.25, -0.2) is 4.79 Å². The molecule has 2 saturated heterocycles. The van der Waals surface area contributed by atoms with E-state index in [9.17, 15) is 9.90 Å². The van der Waals surface area contributed by atoms with Crippen LogP contribution in [0, 0.1) is 5.92 Å². The predicted molar refractivity (Wildman–Crippen MR) is 106 cm³/mol. The number of likely N-dealkylation sites (tertiary alicyclic amines) is 1. The average Bonchev–Trinajstić information content (AvgIpc) is 2.70. The fourth-order valence-electron chi connectivity index (χ4n) is 4.36. The van der Waals surface area contributed by atoms with E-state index in [4.69, 9.17) is 4.74 Å². The summed E-state index contributed by atoms with van der Waals surface area (Å²) in [5.74, 6) is 0.466. The second-order valence-electron chi connectivity index (χ2n) is 7.92. The van der Waals surface area contributed by atoms with Crippen LogP contribution in [0.4, 0.5) is 0 Å². The summed E-state index contributed by atoms with van der Waals surface area (Å²) in [6, 6.07) is 13.9. The molecule has 0 radical (unpaired) electrons. The highest BCUT2D eigenvalue weighted by Crippen LogP contribution is 2.31. The van der Waals surface area contributed by atoms with Gasteiger partial charge in [-0.2, -0.15) is 0 Å². The quantitative estimate of drug-likeness (QED) is 0.849. The number of aliphatic carboxylic acids is 1. The third kappa shape index (κ3) is 4.09. The second kappa shape index (κ2) is 7.87. The van der Waals surface area contributed by atoms with E-state index >= 15 is 0 Å². The first-order valence-electron chi connectivity index (χ1n) is 9.99. The first kappa shape index (κ1) is 18.3. The molecule has 2 heterocycles. The molecule has 2 aromatic carbocycles. The van der Waals surface area contributed by atoms with Crippen LogP contribution in [0.2, 0.25) is 0 Å². The Hall–Kier alpha value is -2.11. The number of carboxylic acids is 1. The molecule has 2 aliphatic heterocycles. The lowest BCUT2D eigenvalue weighted by Gasteiger charge is -2.40. The number of fused-ring (bicyclic) bond motifs is 1. The van der Waals surface area contributed by atoms with Gasteiger partial charge in [-0.05, 0) is 54.8 Å². The number of piperidine rings is 2. The van der Waals surface area contributed by atoms with Gasteiger partial charge in [0.05, 0.1) is 0 Å². The molecule has 2 fully saturated rings.